The molecule has 0 unspecified atom stereocenters. The molecular formula is C31H40O7. The second-order valence-corrected chi connectivity index (χ2v) is 9.57. The molecule has 0 atom stereocenters. The minimum Gasteiger partial charge on any atom is -0.497 e. The molecule has 0 spiro atoms. The van der Waals surface area contributed by atoms with Crippen molar-refractivity contribution in [2.24, 2.45) is 11.8 Å². The van der Waals surface area contributed by atoms with Crippen LogP contribution in [0.2, 0.25) is 0 Å². The summed E-state index contributed by atoms with van der Waals surface area (Å²) in [7, 11) is 4.64. The molecule has 0 heterocycles. The predicted octanol–water partition coefficient (Wildman–Crippen LogP) is 6.27. The highest BCUT2D eigenvalue weighted by Gasteiger charge is 2.25. The molecule has 2 aliphatic carbocycles. The second-order valence-electron chi connectivity index (χ2n) is 9.57. The van der Waals surface area contributed by atoms with Crippen molar-refractivity contribution < 1.29 is 33.4 Å². The summed E-state index contributed by atoms with van der Waals surface area (Å²) in [6.45, 7) is 1.54. The van der Waals surface area contributed by atoms with Gasteiger partial charge in [-0.05, 0) is 81.1 Å². The molecule has 2 fully saturated rings. The number of ether oxygens (including phenoxy) is 3. The van der Waals surface area contributed by atoms with E-state index < -0.39 is 0 Å². The first-order valence-electron chi connectivity index (χ1n) is 13.2. The fourth-order valence-corrected chi connectivity index (χ4v) is 4.58. The number of hydrogen-bond acceptors (Lipinski definition) is 7. The van der Waals surface area contributed by atoms with E-state index in [1.165, 1.54) is 20.0 Å². The van der Waals surface area contributed by atoms with Gasteiger partial charge in [-0.3, -0.25) is 19.2 Å². The Balaban J connectivity index is 0.000000217. The van der Waals surface area contributed by atoms with Gasteiger partial charge in [-0.2, -0.15) is 0 Å². The maximum atomic E-state index is 11.9. The number of carbonyl (C=O) groups excluding carboxylic acids is 4. The van der Waals surface area contributed by atoms with Gasteiger partial charge in [0.15, 0.2) is 11.6 Å². The number of ketones is 3. The van der Waals surface area contributed by atoms with Crippen molar-refractivity contribution in [3.05, 3.63) is 59.7 Å². The first-order chi connectivity index (χ1) is 18.3. The van der Waals surface area contributed by atoms with Crippen LogP contribution in [0.15, 0.2) is 48.5 Å². The number of benzene rings is 2. The number of hydrogen-bond donors (Lipinski definition) is 0. The van der Waals surface area contributed by atoms with Crippen LogP contribution in [-0.2, 0) is 14.3 Å². The van der Waals surface area contributed by atoms with Gasteiger partial charge in [0, 0.05) is 17.0 Å². The van der Waals surface area contributed by atoms with Gasteiger partial charge < -0.3 is 14.2 Å². The topological polar surface area (TPSA) is 96.0 Å². The number of carbonyl (C=O) groups is 4. The van der Waals surface area contributed by atoms with Gasteiger partial charge in [-0.1, -0.05) is 25.7 Å². The number of Topliss-reactive ketones (excluding diaryl/α,β-unsaturated/α-hetero) is 3. The maximum Gasteiger partial charge on any atom is 0.308 e. The molecular weight excluding hydrogens is 484 g/mol. The third-order valence-corrected chi connectivity index (χ3v) is 6.94. The van der Waals surface area contributed by atoms with Gasteiger partial charge in [0.25, 0.3) is 0 Å². The quantitative estimate of drug-likeness (QED) is 0.228. The van der Waals surface area contributed by atoms with Crippen LogP contribution in [0.3, 0.4) is 0 Å². The Hall–Kier alpha value is -3.48. The molecule has 0 saturated heterocycles. The Bertz CT molecular complexity index is 1030. The van der Waals surface area contributed by atoms with Gasteiger partial charge in [0.05, 0.1) is 33.7 Å². The molecule has 2 saturated carbocycles. The van der Waals surface area contributed by atoms with Gasteiger partial charge in [0.1, 0.15) is 17.3 Å². The van der Waals surface area contributed by atoms with E-state index in [4.69, 9.17) is 9.47 Å². The lowest BCUT2D eigenvalue weighted by atomic mass is 9.96. The van der Waals surface area contributed by atoms with E-state index in [1.54, 1.807) is 69.7 Å². The van der Waals surface area contributed by atoms with Crippen LogP contribution >= 0.6 is 0 Å². The third-order valence-electron chi connectivity index (χ3n) is 6.94. The summed E-state index contributed by atoms with van der Waals surface area (Å²) in [6.07, 6.45) is 8.64. The standard InChI is InChI=1S/C15H18O3.C9H10O2.C7H12O2/c1-18-13-8-6-12(7-9-13)15(17)10-14(16)11-4-2-3-5-11;1-7(10)8-3-5-9(11-2)6-4-8;1-9-7(8)6-4-2-3-5-6/h6-9,11H,2-5,10H2,1H3;3-6H,1-2H3;6H,2-5H2,1H3. The largest absolute Gasteiger partial charge is 0.497 e. The zero-order valence-electron chi connectivity index (χ0n) is 23.0. The number of rotatable bonds is 8. The maximum absolute atomic E-state index is 11.9. The Kier molecular flexibility index (Phi) is 13.3. The Morgan fingerprint density at radius 2 is 1.08 bits per heavy atom. The summed E-state index contributed by atoms with van der Waals surface area (Å²) in [4.78, 5) is 45.5. The van der Waals surface area contributed by atoms with Crippen LogP contribution in [0.1, 0.15) is 85.4 Å². The Morgan fingerprint density at radius 3 is 1.47 bits per heavy atom. The zero-order chi connectivity index (χ0) is 27.9. The van der Waals surface area contributed by atoms with Crippen molar-refractivity contribution in [1.29, 1.82) is 0 Å². The molecule has 206 valence electrons. The molecule has 4 rings (SSSR count). The van der Waals surface area contributed by atoms with Crippen LogP contribution in [0.5, 0.6) is 11.5 Å². The average molecular weight is 525 g/mol. The Labute approximate surface area is 225 Å². The molecule has 0 aliphatic heterocycles. The summed E-state index contributed by atoms with van der Waals surface area (Å²) in [5.41, 5.74) is 1.30. The first kappa shape index (κ1) is 30.7. The van der Waals surface area contributed by atoms with Gasteiger partial charge in [0.2, 0.25) is 0 Å². The van der Waals surface area contributed by atoms with Crippen molar-refractivity contribution in [2.45, 2.75) is 64.7 Å². The minimum absolute atomic E-state index is 0.0208. The van der Waals surface area contributed by atoms with Gasteiger partial charge in [-0.15, -0.1) is 0 Å². The lowest BCUT2D eigenvalue weighted by Gasteiger charge is -2.07. The van der Waals surface area contributed by atoms with E-state index in [2.05, 4.69) is 4.74 Å². The lowest BCUT2D eigenvalue weighted by Crippen LogP contribution is -2.15. The lowest BCUT2D eigenvalue weighted by molar-refractivity contribution is -0.145. The van der Waals surface area contributed by atoms with Gasteiger partial charge >= 0.3 is 5.97 Å². The molecule has 0 N–H and O–H groups in total. The summed E-state index contributed by atoms with van der Waals surface area (Å²) in [5.74, 6) is 1.90. The molecule has 2 aliphatic rings. The average Bonchev–Trinajstić information content (AvgIpc) is 3.69. The predicted molar refractivity (Wildman–Crippen MR) is 146 cm³/mol. The molecule has 0 bridgehead atoms. The van der Waals surface area contributed by atoms with Crippen molar-refractivity contribution in [3.63, 3.8) is 0 Å². The van der Waals surface area contributed by atoms with Crippen LogP contribution < -0.4 is 9.47 Å². The van der Waals surface area contributed by atoms with Crippen molar-refractivity contribution >= 4 is 23.3 Å². The molecule has 38 heavy (non-hydrogen) atoms. The summed E-state index contributed by atoms with van der Waals surface area (Å²) >= 11 is 0. The SMILES string of the molecule is COC(=O)C1CCCC1.COc1ccc(C(=O)CC(=O)C2CCCC2)cc1.COc1ccc(C(C)=O)cc1. The van der Waals surface area contributed by atoms with Crippen LogP contribution in [0.4, 0.5) is 0 Å². The van der Waals surface area contributed by atoms with Crippen molar-refractivity contribution in [3.8, 4) is 11.5 Å². The number of esters is 1. The van der Waals surface area contributed by atoms with Crippen LogP contribution in [0, 0.1) is 11.8 Å². The number of methoxy groups -OCH3 is 3. The molecule has 2 aromatic carbocycles. The van der Waals surface area contributed by atoms with E-state index in [-0.39, 0.29) is 41.6 Å². The van der Waals surface area contributed by atoms with E-state index in [0.717, 1.165) is 44.3 Å². The van der Waals surface area contributed by atoms with E-state index >= 15 is 0 Å². The summed E-state index contributed by atoms with van der Waals surface area (Å²) in [5, 5.41) is 0. The summed E-state index contributed by atoms with van der Waals surface area (Å²) < 4.78 is 14.6. The van der Waals surface area contributed by atoms with E-state index in [0.29, 0.717) is 16.9 Å². The minimum atomic E-state index is -0.0884. The highest BCUT2D eigenvalue weighted by molar-refractivity contribution is 6.08. The molecule has 0 radical (unpaired) electrons. The van der Waals surface area contributed by atoms with Gasteiger partial charge in [-0.25, -0.2) is 0 Å². The van der Waals surface area contributed by atoms with Crippen molar-refractivity contribution in [1.82, 2.24) is 0 Å². The third kappa shape index (κ3) is 10.1. The fourth-order valence-electron chi connectivity index (χ4n) is 4.58. The molecule has 7 heteroatoms. The van der Waals surface area contributed by atoms with Crippen LogP contribution in [0.25, 0.3) is 0 Å². The highest BCUT2D eigenvalue weighted by atomic mass is 16.5. The molecule has 7 nitrogen and oxygen atoms in total. The monoisotopic (exact) mass is 524 g/mol. The van der Waals surface area contributed by atoms with E-state index in [9.17, 15) is 19.2 Å². The second kappa shape index (κ2) is 16.4. The highest BCUT2D eigenvalue weighted by Crippen LogP contribution is 2.27. The molecule has 0 aromatic heterocycles. The summed E-state index contributed by atoms with van der Waals surface area (Å²) in [6, 6.07) is 14.0. The van der Waals surface area contributed by atoms with E-state index in [1.807, 2.05) is 0 Å². The fraction of sp³-hybridized carbons (Fsp3) is 0.484. The van der Waals surface area contributed by atoms with Crippen LogP contribution in [-0.4, -0.2) is 44.6 Å². The van der Waals surface area contributed by atoms with Crippen molar-refractivity contribution in [2.75, 3.05) is 21.3 Å². The normalized spacial score (nSPS) is 14.8. The molecule has 0 amide bonds. The zero-order valence-corrected chi connectivity index (χ0v) is 23.0. The Morgan fingerprint density at radius 1 is 0.658 bits per heavy atom. The molecule has 2 aromatic rings. The first-order valence-corrected chi connectivity index (χ1v) is 13.2. The smallest absolute Gasteiger partial charge is 0.308 e.